The lowest BCUT2D eigenvalue weighted by molar-refractivity contribution is -0.131. The molecular weight excluding hydrogens is 629 g/mol. The van der Waals surface area contributed by atoms with Crippen LogP contribution in [0.25, 0.3) is 85.3 Å². The number of aromatic amines is 2. The zero-order chi connectivity index (χ0) is 34.5. The molecule has 6 heteroatoms. The van der Waals surface area contributed by atoms with Gasteiger partial charge >= 0.3 is 0 Å². The Morgan fingerprint density at radius 3 is 1.16 bits per heavy atom. The Balaban J connectivity index is 1.48. The van der Waals surface area contributed by atoms with E-state index in [1.54, 1.807) is 19.1 Å². The van der Waals surface area contributed by atoms with Crippen molar-refractivity contribution >= 4 is 63.5 Å². The maximum atomic E-state index is 13.7. The van der Waals surface area contributed by atoms with Crippen molar-refractivity contribution in [3.05, 3.63) is 161 Å². The minimum atomic E-state index is -0.556. The molecule has 3 aromatic carbocycles. The molecule has 3 aromatic heterocycles. The first-order chi connectivity index (χ1) is 25.0. The maximum Gasteiger partial charge on any atom is 0.233 e. The summed E-state index contributed by atoms with van der Waals surface area (Å²) < 4.78 is 0. The number of nitrogens with zero attached hydrogens (tertiary/aromatic N) is 2. The highest BCUT2D eigenvalue weighted by atomic mass is 16.2. The number of nitrogens with one attached hydrogen (secondary N) is 2. The number of ketones is 2. The highest BCUT2D eigenvalue weighted by molar-refractivity contribution is 6.59. The van der Waals surface area contributed by atoms with E-state index in [1.807, 2.05) is 78.9 Å². The van der Waals surface area contributed by atoms with Gasteiger partial charge in [0.2, 0.25) is 11.6 Å². The van der Waals surface area contributed by atoms with E-state index in [9.17, 15) is 9.59 Å². The van der Waals surface area contributed by atoms with Crippen LogP contribution >= 0.6 is 0 Å². The number of allylic oxidation sites excluding steroid dienone is 4. The molecule has 6 aromatic rings. The van der Waals surface area contributed by atoms with Crippen LogP contribution in [0.15, 0.2) is 133 Å². The molecule has 6 nitrogen and oxygen atoms in total. The first-order valence-electron chi connectivity index (χ1n) is 16.8. The highest BCUT2D eigenvalue weighted by Gasteiger charge is 2.28. The van der Waals surface area contributed by atoms with Gasteiger partial charge in [0.15, 0.2) is 0 Å². The van der Waals surface area contributed by atoms with Crippen LogP contribution < -0.4 is 0 Å². The third kappa shape index (κ3) is 5.21. The molecule has 8 bridgehead atoms. The number of fused-ring (bicyclic) bond motifs is 8. The quantitative estimate of drug-likeness (QED) is 0.145. The Morgan fingerprint density at radius 1 is 0.412 bits per heavy atom. The summed E-state index contributed by atoms with van der Waals surface area (Å²) >= 11 is 0. The molecule has 3 aliphatic rings. The second-order valence-corrected chi connectivity index (χ2v) is 12.7. The van der Waals surface area contributed by atoms with Crippen molar-refractivity contribution in [1.29, 1.82) is 0 Å². The van der Waals surface area contributed by atoms with Crippen LogP contribution in [0.5, 0.6) is 0 Å². The molecule has 0 atom stereocenters. The van der Waals surface area contributed by atoms with Crippen molar-refractivity contribution in [2.45, 2.75) is 6.92 Å². The summed E-state index contributed by atoms with van der Waals surface area (Å²) in [7, 11) is 0. The first-order valence-corrected chi connectivity index (χ1v) is 16.8. The van der Waals surface area contributed by atoms with Gasteiger partial charge in [0, 0.05) is 55.5 Å². The summed E-state index contributed by atoms with van der Waals surface area (Å²) in [5.41, 5.74) is 13.3. The van der Waals surface area contributed by atoms with Gasteiger partial charge in [0.05, 0.1) is 22.8 Å². The van der Waals surface area contributed by atoms with E-state index in [1.165, 1.54) is 0 Å². The lowest BCUT2D eigenvalue weighted by Gasteiger charge is -2.11. The van der Waals surface area contributed by atoms with Crippen LogP contribution in [-0.4, -0.2) is 31.5 Å². The normalized spacial score (nSPS) is 13.7. The predicted octanol–water partition coefficient (Wildman–Crippen LogP) is 10.1. The van der Waals surface area contributed by atoms with E-state index < -0.39 is 11.6 Å². The average Bonchev–Trinajstić information content (AvgIpc) is 4.01. The second kappa shape index (κ2) is 12.2. The summed E-state index contributed by atoms with van der Waals surface area (Å²) in [6.45, 7) is 1.66. The Bertz CT molecular complexity index is 2670. The van der Waals surface area contributed by atoms with Gasteiger partial charge in [-0.1, -0.05) is 97.1 Å². The Hall–Kier alpha value is -6.92. The number of carbonyl (C=O) groups is 2. The van der Waals surface area contributed by atoms with E-state index in [2.05, 4.69) is 70.7 Å². The molecule has 242 valence electrons. The molecule has 51 heavy (non-hydrogen) atoms. The van der Waals surface area contributed by atoms with E-state index >= 15 is 0 Å². The van der Waals surface area contributed by atoms with Crippen LogP contribution in [0, 0.1) is 0 Å². The molecule has 2 aliphatic heterocycles. The first kappa shape index (κ1) is 30.2. The van der Waals surface area contributed by atoms with Gasteiger partial charge in [-0.05, 0) is 78.3 Å². The van der Waals surface area contributed by atoms with Crippen LogP contribution in [0.4, 0.5) is 0 Å². The number of aromatic nitrogens is 4. The number of H-pyrrole nitrogens is 2. The second-order valence-electron chi connectivity index (χ2n) is 12.7. The average molecular weight is 659 g/mol. The van der Waals surface area contributed by atoms with E-state index in [0.29, 0.717) is 27.9 Å². The van der Waals surface area contributed by atoms with E-state index in [0.717, 1.165) is 67.0 Å². The fraction of sp³-hybridized carbons (Fsp3) is 0.0222. The van der Waals surface area contributed by atoms with E-state index in [-0.39, 0.29) is 0 Å². The molecular formula is C45H30N4O2. The number of carbonyl (C=O) groups excluding carboxylic acids is 2. The van der Waals surface area contributed by atoms with Gasteiger partial charge in [0.25, 0.3) is 0 Å². The van der Waals surface area contributed by atoms with Gasteiger partial charge in [-0.3, -0.25) is 9.59 Å². The largest absolute Gasteiger partial charge is 0.354 e. The Kier molecular flexibility index (Phi) is 7.21. The summed E-state index contributed by atoms with van der Waals surface area (Å²) in [4.78, 5) is 44.6. The van der Waals surface area contributed by atoms with Crippen molar-refractivity contribution in [1.82, 2.24) is 19.9 Å². The van der Waals surface area contributed by atoms with Crippen LogP contribution in [0.1, 0.15) is 35.3 Å². The van der Waals surface area contributed by atoms with Crippen molar-refractivity contribution in [2.24, 2.45) is 0 Å². The predicted molar refractivity (Wildman–Crippen MR) is 207 cm³/mol. The molecule has 0 unspecified atom stereocenters. The zero-order valence-electron chi connectivity index (χ0n) is 27.6. The molecule has 0 spiro atoms. The van der Waals surface area contributed by atoms with Crippen molar-refractivity contribution in [3.8, 4) is 33.4 Å². The fourth-order valence-electron chi connectivity index (χ4n) is 7.07. The summed E-state index contributed by atoms with van der Waals surface area (Å²) in [6.07, 6.45) is 11.5. The van der Waals surface area contributed by atoms with Gasteiger partial charge < -0.3 is 9.97 Å². The monoisotopic (exact) mass is 658 g/mol. The molecule has 5 heterocycles. The number of hydrogen-bond donors (Lipinski definition) is 2. The molecule has 1 aliphatic carbocycles. The topological polar surface area (TPSA) is 91.5 Å². The highest BCUT2D eigenvalue weighted by Crippen LogP contribution is 2.38. The van der Waals surface area contributed by atoms with E-state index in [4.69, 9.17) is 9.97 Å². The third-order valence-corrected chi connectivity index (χ3v) is 9.52. The van der Waals surface area contributed by atoms with Crippen LogP contribution in [0.3, 0.4) is 0 Å². The van der Waals surface area contributed by atoms with Gasteiger partial charge in [-0.15, -0.1) is 0 Å². The summed E-state index contributed by atoms with van der Waals surface area (Å²) in [5, 5.41) is 0. The molecule has 0 radical (unpaired) electrons. The van der Waals surface area contributed by atoms with Crippen LogP contribution in [0.2, 0.25) is 0 Å². The smallest absolute Gasteiger partial charge is 0.233 e. The standard InChI is InChI=1S/C45H30N4O2/c1-27-17-18-31(45(51)44(27)50)43-38-25-23-36(48-38)41(29-13-7-3-8-14-29)34-21-19-32(46-34)40(28-11-5-2-6-12-28)33-20-22-35(47-33)42(30-15-9-4-10-16-30)37-24-26-39(43)49-37/h2-26,46,49H,1H3. The van der Waals surface area contributed by atoms with Gasteiger partial charge in [-0.2, -0.15) is 0 Å². The lowest BCUT2D eigenvalue weighted by atomic mass is 9.90. The lowest BCUT2D eigenvalue weighted by Crippen LogP contribution is -2.19. The van der Waals surface area contributed by atoms with Crippen molar-refractivity contribution in [2.75, 3.05) is 0 Å². The van der Waals surface area contributed by atoms with Gasteiger partial charge in [0.1, 0.15) is 0 Å². The molecule has 2 N–H and O–H groups in total. The minimum absolute atomic E-state index is 0.297. The Morgan fingerprint density at radius 2 is 0.765 bits per heavy atom. The molecule has 9 rings (SSSR count). The number of benzene rings is 3. The third-order valence-electron chi connectivity index (χ3n) is 9.52. The molecule has 0 saturated heterocycles. The molecule has 0 saturated carbocycles. The minimum Gasteiger partial charge on any atom is -0.354 e. The van der Waals surface area contributed by atoms with Crippen LogP contribution in [-0.2, 0) is 9.59 Å². The fourth-order valence-corrected chi connectivity index (χ4v) is 7.07. The van der Waals surface area contributed by atoms with Gasteiger partial charge in [-0.25, -0.2) is 9.97 Å². The maximum absolute atomic E-state index is 13.7. The number of Topliss-reactive ketones (excluding diaryl/α,β-unsaturated/α-hetero) is 2. The zero-order valence-corrected chi connectivity index (χ0v) is 27.6. The molecule has 0 amide bonds. The van der Waals surface area contributed by atoms with Crippen molar-refractivity contribution < 1.29 is 9.59 Å². The Labute approximate surface area is 293 Å². The number of rotatable bonds is 4. The summed E-state index contributed by atoms with van der Waals surface area (Å²) in [5.74, 6) is -1.07. The SMILES string of the molecule is CC1=CC=C(c2c3nc(c(-c4ccccc4)c4ccc([nH]4)c(-c4ccccc4)c4nc(c(-c5ccccc5)c5ccc2[nH]5)C=C4)C=C3)C(=O)C1=O. The summed E-state index contributed by atoms with van der Waals surface area (Å²) in [6, 6.07) is 38.7. The van der Waals surface area contributed by atoms with Crippen molar-refractivity contribution in [3.63, 3.8) is 0 Å². The molecule has 0 fully saturated rings. The number of hydrogen-bond acceptors (Lipinski definition) is 4.